The molecular weight excluding hydrogens is 334 g/mol. The van der Waals surface area contributed by atoms with Crippen LogP contribution in [0.3, 0.4) is 0 Å². The van der Waals surface area contributed by atoms with Gasteiger partial charge in [0.15, 0.2) is 0 Å². The summed E-state index contributed by atoms with van der Waals surface area (Å²) < 4.78 is 17.1. The number of benzene rings is 2. The summed E-state index contributed by atoms with van der Waals surface area (Å²) in [5, 5.41) is 21.7. The molecule has 0 aromatic heterocycles. The number of rotatable bonds is 4. The molecule has 0 aliphatic carbocycles. The van der Waals surface area contributed by atoms with Crippen molar-refractivity contribution in [3.8, 4) is 17.2 Å². The van der Waals surface area contributed by atoms with Gasteiger partial charge in [0.1, 0.15) is 11.5 Å². The molecule has 2 aromatic rings. The van der Waals surface area contributed by atoms with Crippen LogP contribution in [0.25, 0.3) is 0 Å². The smallest absolute Gasteiger partial charge is 0.870 e. The van der Waals surface area contributed by atoms with E-state index in [4.69, 9.17) is 4.52 Å². The van der Waals surface area contributed by atoms with Gasteiger partial charge in [-0.1, -0.05) is 35.6 Å². The first-order valence-electron chi connectivity index (χ1n) is 6.07. The number of aryl methyl sites for hydroxylation is 2. The zero-order valence-electron chi connectivity index (χ0n) is 12.4. The quantitative estimate of drug-likeness (QED) is 0.613. The van der Waals surface area contributed by atoms with Crippen LogP contribution >= 0.6 is 18.2 Å². The average Bonchev–Trinajstić information content (AvgIpc) is 2.40. The van der Waals surface area contributed by atoms with Crippen LogP contribution in [0.4, 0.5) is 0 Å². The Morgan fingerprint density at radius 2 is 1.73 bits per heavy atom. The maximum absolute atomic E-state index is 12.1. The SMILES string of the molecule is Cc1cccc(OP(=O)(O)Sc2cccc(C)c2O)c1[O-].[Na+]. The molecule has 8 heteroatoms. The van der Waals surface area contributed by atoms with Crippen LogP contribution in [0.2, 0.25) is 0 Å². The normalized spacial score (nSPS) is 13.0. The van der Waals surface area contributed by atoms with E-state index in [1.165, 1.54) is 12.1 Å². The molecule has 0 heterocycles. The standard InChI is InChI=1S/C14H15O5PS.Na/c1-9-5-3-7-11(13(9)15)19-20(17,18)21-12-8-4-6-10(2)14(12)16;/h3-8,15-16H,1-2H3,(H,17,18);/q;+1/p-1. The van der Waals surface area contributed by atoms with Gasteiger partial charge < -0.3 is 19.6 Å². The molecule has 2 aromatic carbocycles. The molecule has 2 N–H and O–H groups in total. The molecule has 5 nitrogen and oxygen atoms in total. The van der Waals surface area contributed by atoms with Crippen LogP contribution in [-0.4, -0.2) is 10.00 Å². The Balaban J connectivity index is 0.00000242. The predicted molar refractivity (Wildman–Crippen MR) is 79.8 cm³/mol. The third-order valence-electron chi connectivity index (χ3n) is 2.80. The Hall–Kier alpha value is -0.620. The first-order chi connectivity index (χ1) is 9.80. The topological polar surface area (TPSA) is 89.8 Å². The molecule has 0 fully saturated rings. The van der Waals surface area contributed by atoms with Crippen molar-refractivity contribution in [2.75, 3.05) is 0 Å². The van der Waals surface area contributed by atoms with E-state index in [1.54, 1.807) is 38.1 Å². The van der Waals surface area contributed by atoms with Crippen LogP contribution in [-0.2, 0) is 4.57 Å². The number of aromatic hydroxyl groups is 1. The van der Waals surface area contributed by atoms with Gasteiger partial charge in [-0.25, -0.2) is 4.57 Å². The van der Waals surface area contributed by atoms with E-state index in [9.17, 15) is 19.7 Å². The van der Waals surface area contributed by atoms with Crippen molar-refractivity contribution in [1.29, 1.82) is 0 Å². The van der Waals surface area contributed by atoms with E-state index in [1.807, 2.05) is 0 Å². The molecule has 1 unspecified atom stereocenters. The van der Waals surface area contributed by atoms with Gasteiger partial charge in [-0.15, -0.1) is 0 Å². The fraction of sp³-hybridized carbons (Fsp3) is 0.143. The van der Waals surface area contributed by atoms with Gasteiger partial charge in [-0.05, 0) is 31.5 Å². The summed E-state index contributed by atoms with van der Waals surface area (Å²) in [6, 6.07) is 9.35. The molecule has 0 amide bonds. The number of hydrogen-bond acceptors (Lipinski definition) is 5. The Bertz CT molecular complexity index is 665. The monoisotopic (exact) mass is 348 g/mol. The molecule has 0 bridgehead atoms. The van der Waals surface area contributed by atoms with Gasteiger partial charge >= 0.3 is 36.4 Å². The van der Waals surface area contributed by atoms with Crippen LogP contribution in [0, 0.1) is 13.8 Å². The van der Waals surface area contributed by atoms with Crippen molar-refractivity contribution < 1.29 is 53.8 Å². The Kier molecular flexibility index (Phi) is 6.86. The Morgan fingerprint density at radius 3 is 2.41 bits per heavy atom. The number of para-hydroxylation sites is 2. The minimum Gasteiger partial charge on any atom is -0.870 e. The van der Waals surface area contributed by atoms with Gasteiger partial charge in [-0.2, -0.15) is 0 Å². The summed E-state index contributed by atoms with van der Waals surface area (Å²) in [6.07, 6.45) is 0. The van der Waals surface area contributed by atoms with E-state index in [-0.39, 0.29) is 46.0 Å². The maximum atomic E-state index is 12.1. The van der Waals surface area contributed by atoms with Crippen molar-refractivity contribution in [2.24, 2.45) is 0 Å². The van der Waals surface area contributed by atoms with E-state index in [2.05, 4.69) is 0 Å². The number of phenols is 1. The van der Waals surface area contributed by atoms with Crippen molar-refractivity contribution in [3.05, 3.63) is 47.5 Å². The predicted octanol–water partition coefficient (Wildman–Crippen LogP) is 0.358. The third-order valence-corrected chi connectivity index (χ3v) is 5.49. The van der Waals surface area contributed by atoms with E-state index >= 15 is 0 Å². The van der Waals surface area contributed by atoms with Crippen LogP contribution in [0.15, 0.2) is 41.3 Å². The fourth-order valence-electron chi connectivity index (χ4n) is 1.67. The first kappa shape index (κ1) is 19.4. The van der Waals surface area contributed by atoms with Crippen molar-refractivity contribution >= 4 is 18.2 Å². The molecule has 112 valence electrons. The molecule has 0 saturated carbocycles. The zero-order valence-corrected chi connectivity index (χ0v) is 16.1. The van der Waals surface area contributed by atoms with Gasteiger partial charge in [0.25, 0.3) is 0 Å². The third kappa shape index (κ3) is 4.69. The molecule has 0 aliphatic rings. The second kappa shape index (κ2) is 7.77. The molecule has 22 heavy (non-hydrogen) atoms. The van der Waals surface area contributed by atoms with Crippen molar-refractivity contribution in [1.82, 2.24) is 0 Å². The molecule has 2 rings (SSSR count). The fourth-order valence-corrected chi connectivity index (χ4v) is 4.28. The van der Waals surface area contributed by atoms with E-state index in [0.717, 1.165) is 0 Å². The minimum absolute atomic E-state index is 0. The Morgan fingerprint density at radius 1 is 1.14 bits per heavy atom. The van der Waals surface area contributed by atoms with Gasteiger partial charge in [0.05, 0.1) is 4.90 Å². The van der Waals surface area contributed by atoms with E-state index < -0.39 is 12.5 Å². The summed E-state index contributed by atoms with van der Waals surface area (Å²) in [4.78, 5) is 10.1. The number of phenolic OH excluding ortho intramolecular Hbond substituents is 1. The Labute approximate surface area is 154 Å². The minimum atomic E-state index is -4.17. The number of hydrogen-bond donors (Lipinski definition) is 2. The van der Waals surface area contributed by atoms with Gasteiger partial charge in [0.2, 0.25) is 0 Å². The molecule has 0 radical (unpaired) electrons. The van der Waals surface area contributed by atoms with Crippen LogP contribution in [0.1, 0.15) is 11.1 Å². The molecular formula is C14H14NaO5PS. The summed E-state index contributed by atoms with van der Waals surface area (Å²) >= 11 is 0.496. The van der Waals surface area contributed by atoms with Crippen molar-refractivity contribution in [2.45, 2.75) is 18.7 Å². The first-order valence-corrected chi connectivity index (χ1v) is 9.07. The summed E-state index contributed by atoms with van der Waals surface area (Å²) in [7, 11) is 0. The maximum Gasteiger partial charge on any atom is 1.00 e. The largest absolute Gasteiger partial charge is 1.00 e. The average molecular weight is 348 g/mol. The second-order valence-corrected chi connectivity index (χ2v) is 8.15. The molecule has 1 atom stereocenters. The molecule has 0 aliphatic heterocycles. The van der Waals surface area contributed by atoms with Crippen molar-refractivity contribution in [3.63, 3.8) is 0 Å². The summed E-state index contributed by atoms with van der Waals surface area (Å²) in [6.45, 7) is -0.900. The molecule has 0 spiro atoms. The second-order valence-electron chi connectivity index (χ2n) is 4.47. The summed E-state index contributed by atoms with van der Waals surface area (Å²) in [5.74, 6) is -0.687. The van der Waals surface area contributed by atoms with Crippen LogP contribution < -0.4 is 39.2 Å². The van der Waals surface area contributed by atoms with Gasteiger partial charge in [0, 0.05) is 11.4 Å². The summed E-state index contributed by atoms with van der Waals surface area (Å²) in [5.41, 5.74) is 1.01. The van der Waals surface area contributed by atoms with Crippen LogP contribution in [0.5, 0.6) is 17.2 Å². The van der Waals surface area contributed by atoms with Gasteiger partial charge in [-0.3, -0.25) is 0 Å². The zero-order chi connectivity index (χ0) is 15.6. The molecule has 0 saturated heterocycles. The van der Waals surface area contributed by atoms with E-state index in [0.29, 0.717) is 22.5 Å².